The molecule has 21 heavy (non-hydrogen) atoms. The Morgan fingerprint density at radius 3 is 2.90 bits per heavy atom. The van der Waals surface area contributed by atoms with Crippen molar-refractivity contribution in [1.82, 2.24) is 9.55 Å². The summed E-state index contributed by atoms with van der Waals surface area (Å²) in [6, 6.07) is 6.01. The third-order valence-electron chi connectivity index (χ3n) is 3.19. The number of nitrogens with zero attached hydrogens (tertiary/aromatic N) is 2. The van der Waals surface area contributed by atoms with E-state index in [2.05, 4.69) is 4.98 Å². The standard InChI is InChI=1S/C16H23N3O2/c1-13(17)11-14-5-3-6-15(20-2)16(14)21-10-4-8-19-9-7-18-12-19/h3,5-7,9,12-13H,4,8,10-11,17H2,1-2H3. The summed E-state index contributed by atoms with van der Waals surface area (Å²) in [6.07, 6.45) is 7.22. The number of ether oxygens (including phenoxy) is 2. The molecule has 0 amide bonds. The molecule has 2 N–H and O–H groups in total. The van der Waals surface area contributed by atoms with E-state index in [9.17, 15) is 0 Å². The zero-order chi connectivity index (χ0) is 15.1. The number of para-hydroxylation sites is 1. The van der Waals surface area contributed by atoms with Gasteiger partial charge >= 0.3 is 0 Å². The van der Waals surface area contributed by atoms with Crippen molar-refractivity contribution in [1.29, 1.82) is 0 Å². The largest absolute Gasteiger partial charge is 0.493 e. The summed E-state index contributed by atoms with van der Waals surface area (Å²) in [7, 11) is 1.66. The number of aromatic nitrogens is 2. The van der Waals surface area contributed by atoms with Crippen LogP contribution in [0.4, 0.5) is 0 Å². The highest BCUT2D eigenvalue weighted by Gasteiger charge is 2.11. The molecule has 1 atom stereocenters. The van der Waals surface area contributed by atoms with Gasteiger partial charge in [0, 0.05) is 25.0 Å². The van der Waals surface area contributed by atoms with Gasteiger partial charge in [0.1, 0.15) is 0 Å². The summed E-state index contributed by atoms with van der Waals surface area (Å²) >= 11 is 0. The molecule has 0 spiro atoms. The molecule has 0 aliphatic rings. The molecule has 0 fully saturated rings. The van der Waals surface area contributed by atoms with Gasteiger partial charge < -0.3 is 19.8 Å². The number of hydrogen-bond acceptors (Lipinski definition) is 4. The Morgan fingerprint density at radius 2 is 2.24 bits per heavy atom. The lowest BCUT2D eigenvalue weighted by molar-refractivity contribution is 0.279. The number of aryl methyl sites for hydroxylation is 1. The first-order chi connectivity index (χ1) is 10.2. The van der Waals surface area contributed by atoms with Crippen LogP contribution in [-0.4, -0.2) is 29.3 Å². The second-order valence-corrected chi connectivity index (χ2v) is 5.13. The molecule has 5 heteroatoms. The first-order valence-electron chi connectivity index (χ1n) is 7.20. The van der Waals surface area contributed by atoms with Gasteiger partial charge in [-0.1, -0.05) is 12.1 Å². The minimum Gasteiger partial charge on any atom is -0.493 e. The van der Waals surface area contributed by atoms with E-state index < -0.39 is 0 Å². The lowest BCUT2D eigenvalue weighted by Gasteiger charge is -2.16. The van der Waals surface area contributed by atoms with Gasteiger partial charge in [-0.05, 0) is 31.4 Å². The van der Waals surface area contributed by atoms with Gasteiger partial charge in [-0.15, -0.1) is 0 Å². The number of imidazole rings is 1. The van der Waals surface area contributed by atoms with Crippen LogP contribution in [-0.2, 0) is 13.0 Å². The first kappa shape index (κ1) is 15.4. The Kier molecular flexibility index (Phi) is 5.63. The van der Waals surface area contributed by atoms with Gasteiger partial charge in [0.15, 0.2) is 11.5 Å². The third-order valence-corrected chi connectivity index (χ3v) is 3.19. The summed E-state index contributed by atoms with van der Waals surface area (Å²) < 4.78 is 13.4. The number of benzene rings is 1. The Balaban J connectivity index is 1.96. The van der Waals surface area contributed by atoms with Crippen molar-refractivity contribution < 1.29 is 9.47 Å². The van der Waals surface area contributed by atoms with E-state index in [0.29, 0.717) is 6.61 Å². The minimum atomic E-state index is 0.0883. The molecule has 1 heterocycles. The molecule has 5 nitrogen and oxygen atoms in total. The Morgan fingerprint density at radius 1 is 1.38 bits per heavy atom. The summed E-state index contributed by atoms with van der Waals surface area (Å²) in [4.78, 5) is 4.02. The highest BCUT2D eigenvalue weighted by Crippen LogP contribution is 2.31. The summed E-state index contributed by atoms with van der Waals surface area (Å²) in [5.74, 6) is 1.57. The molecule has 1 aromatic heterocycles. The topological polar surface area (TPSA) is 62.3 Å². The average Bonchev–Trinajstić information content (AvgIpc) is 2.97. The van der Waals surface area contributed by atoms with Crippen LogP contribution in [0.25, 0.3) is 0 Å². The quantitative estimate of drug-likeness (QED) is 0.757. The minimum absolute atomic E-state index is 0.0883. The van der Waals surface area contributed by atoms with Crippen molar-refractivity contribution in [3.63, 3.8) is 0 Å². The fourth-order valence-corrected chi connectivity index (χ4v) is 2.23. The zero-order valence-corrected chi connectivity index (χ0v) is 12.7. The number of methoxy groups -OCH3 is 1. The van der Waals surface area contributed by atoms with Crippen LogP contribution in [0.1, 0.15) is 18.9 Å². The second kappa shape index (κ2) is 7.69. The molecule has 0 aliphatic carbocycles. The SMILES string of the molecule is COc1cccc(CC(C)N)c1OCCCn1ccnc1. The van der Waals surface area contributed by atoms with Crippen LogP contribution in [0.5, 0.6) is 11.5 Å². The van der Waals surface area contributed by atoms with E-state index in [1.54, 1.807) is 13.3 Å². The van der Waals surface area contributed by atoms with Crippen LogP contribution in [0.15, 0.2) is 36.9 Å². The van der Waals surface area contributed by atoms with Gasteiger partial charge in [0.05, 0.1) is 20.0 Å². The van der Waals surface area contributed by atoms with Crippen molar-refractivity contribution >= 4 is 0 Å². The highest BCUT2D eigenvalue weighted by molar-refractivity contribution is 5.47. The molecule has 0 radical (unpaired) electrons. The first-order valence-corrected chi connectivity index (χ1v) is 7.20. The van der Waals surface area contributed by atoms with Gasteiger partial charge in [-0.3, -0.25) is 0 Å². The molecule has 1 aromatic carbocycles. The molecule has 0 saturated heterocycles. The van der Waals surface area contributed by atoms with Crippen LogP contribution in [0, 0.1) is 0 Å². The Bertz CT molecular complexity index is 538. The van der Waals surface area contributed by atoms with E-state index in [1.807, 2.05) is 42.2 Å². The van der Waals surface area contributed by atoms with Crippen molar-refractivity contribution in [3.8, 4) is 11.5 Å². The molecular weight excluding hydrogens is 266 g/mol. The predicted octanol–water partition coefficient (Wildman–Crippen LogP) is 2.25. The van der Waals surface area contributed by atoms with Gasteiger partial charge in [-0.2, -0.15) is 0 Å². The third kappa shape index (κ3) is 4.49. The smallest absolute Gasteiger partial charge is 0.164 e. The molecule has 0 saturated carbocycles. The summed E-state index contributed by atoms with van der Waals surface area (Å²) in [5, 5.41) is 0. The molecule has 0 bridgehead atoms. The number of rotatable bonds is 8. The molecular formula is C16H23N3O2. The average molecular weight is 289 g/mol. The fourth-order valence-electron chi connectivity index (χ4n) is 2.23. The molecule has 2 aromatic rings. The highest BCUT2D eigenvalue weighted by atomic mass is 16.5. The second-order valence-electron chi connectivity index (χ2n) is 5.13. The van der Waals surface area contributed by atoms with Crippen molar-refractivity contribution in [2.75, 3.05) is 13.7 Å². The van der Waals surface area contributed by atoms with Gasteiger partial charge in [-0.25, -0.2) is 4.98 Å². The van der Waals surface area contributed by atoms with E-state index in [0.717, 1.165) is 36.4 Å². The van der Waals surface area contributed by atoms with Crippen LogP contribution >= 0.6 is 0 Å². The molecule has 2 rings (SSSR count). The summed E-state index contributed by atoms with van der Waals surface area (Å²) in [6.45, 7) is 3.50. The maximum absolute atomic E-state index is 5.94. The van der Waals surface area contributed by atoms with Gasteiger partial charge in [0.2, 0.25) is 0 Å². The molecule has 1 unspecified atom stereocenters. The van der Waals surface area contributed by atoms with E-state index in [-0.39, 0.29) is 6.04 Å². The van der Waals surface area contributed by atoms with Crippen LogP contribution < -0.4 is 15.2 Å². The van der Waals surface area contributed by atoms with Crippen molar-refractivity contribution in [2.24, 2.45) is 5.73 Å². The van der Waals surface area contributed by atoms with E-state index >= 15 is 0 Å². The van der Waals surface area contributed by atoms with Crippen LogP contribution in [0.3, 0.4) is 0 Å². The van der Waals surface area contributed by atoms with Crippen molar-refractivity contribution in [2.45, 2.75) is 32.4 Å². The van der Waals surface area contributed by atoms with Crippen LogP contribution in [0.2, 0.25) is 0 Å². The fraction of sp³-hybridized carbons (Fsp3) is 0.438. The maximum atomic E-state index is 5.94. The lowest BCUT2D eigenvalue weighted by atomic mass is 10.1. The molecule has 0 aliphatic heterocycles. The van der Waals surface area contributed by atoms with E-state index in [4.69, 9.17) is 15.2 Å². The predicted molar refractivity (Wildman–Crippen MR) is 82.7 cm³/mol. The molecule has 114 valence electrons. The normalized spacial score (nSPS) is 12.1. The Hall–Kier alpha value is -2.01. The Labute approximate surface area is 125 Å². The van der Waals surface area contributed by atoms with Crippen molar-refractivity contribution in [3.05, 3.63) is 42.5 Å². The zero-order valence-electron chi connectivity index (χ0n) is 12.7. The monoisotopic (exact) mass is 289 g/mol. The number of hydrogen-bond donors (Lipinski definition) is 1. The maximum Gasteiger partial charge on any atom is 0.164 e. The van der Waals surface area contributed by atoms with Gasteiger partial charge in [0.25, 0.3) is 0 Å². The summed E-state index contributed by atoms with van der Waals surface area (Å²) in [5.41, 5.74) is 6.99. The number of nitrogens with two attached hydrogens (primary N) is 1. The van der Waals surface area contributed by atoms with E-state index in [1.165, 1.54) is 0 Å². The lowest BCUT2D eigenvalue weighted by Crippen LogP contribution is -2.18.